The maximum atomic E-state index is 12.2. The molecule has 86 valence electrons. The van der Waals surface area contributed by atoms with Crippen LogP contribution in [0.5, 0.6) is 0 Å². The smallest absolute Gasteiger partial charge is 0.254 e. The Morgan fingerprint density at radius 2 is 2.25 bits per heavy atom. The van der Waals surface area contributed by atoms with E-state index in [1.54, 1.807) is 29.4 Å². The molecule has 1 aliphatic heterocycles. The number of aliphatic hydroxyl groups excluding tert-OH is 1. The number of hydrogen-bond acceptors (Lipinski definition) is 3. The molecule has 4 nitrogen and oxygen atoms in total. The van der Waals surface area contributed by atoms with Gasteiger partial charge in [0, 0.05) is 24.5 Å². The van der Waals surface area contributed by atoms with Crippen LogP contribution < -0.4 is 0 Å². The molecule has 0 radical (unpaired) electrons. The van der Waals surface area contributed by atoms with Crippen molar-refractivity contribution in [3.63, 3.8) is 0 Å². The number of likely N-dealkylation sites (tertiary alicyclic amines) is 1. The van der Waals surface area contributed by atoms with Crippen LogP contribution in [0.25, 0.3) is 0 Å². The second-order valence-corrected chi connectivity index (χ2v) is 4.45. The van der Waals surface area contributed by atoms with Gasteiger partial charge in [-0.15, -0.1) is 0 Å². The van der Waals surface area contributed by atoms with Gasteiger partial charge in [-0.05, 0) is 31.9 Å². The topological polar surface area (TPSA) is 53.4 Å². The Balaban J connectivity index is 2.23. The predicted octanol–water partition coefficient (Wildman–Crippen LogP) is 1.07. The lowest BCUT2D eigenvalue weighted by Crippen LogP contribution is -2.47. The number of hydrogen-bond donors (Lipinski definition) is 1. The zero-order chi connectivity index (χ0) is 11.6. The second kappa shape index (κ2) is 4.22. The summed E-state index contributed by atoms with van der Waals surface area (Å²) in [5, 5.41) is 9.39. The third-order valence-corrected chi connectivity index (χ3v) is 3.26. The molecule has 4 heteroatoms. The van der Waals surface area contributed by atoms with Crippen LogP contribution in [0.2, 0.25) is 0 Å². The summed E-state index contributed by atoms with van der Waals surface area (Å²) in [6.45, 7) is 2.67. The third-order valence-electron chi connectivity index (χ3n) is 3.26. The van der Waals surface area contributed by atoms with Crippen LogP contribution >= 0.6 is 0 Å². The molecule has 1 saturated heterocycles. The van der Waals surface area contributed by atoms with Gasteiger partial charge in [-0.1, -0.05) is 0 Å². The average molecular weight is 220 g/mol. The quantitative estimate of drug-likeness (QED) is 0.811. The molecule has 0 spiro atoms. The molecule has 1 aliphatic rings. The molecule has 2 rings (SSSR count). The van der Waals surface area contributed by atoms with Gasteiger partial charge in [0.2, 0.25) is 0 Å². The highest BCUT2D eigenvalue weighted by Gasteiger charge is 2.39. The minimum absolute atomic E-state index is 0.0172. The number of carbonyl (C=O) groups excluding carboxylic acids is 1. The van der Waals surface area contributed by atoms with Gasteiger partial charge < -0.3 is 10.0 Å². The highest BCUT2D eigenvalue weighted by molar-refractivity contribution is 5.94. The molecular weight excluding hydrogens is 204 g/mol. The van der Waals surface area contributed by atoms with Crippen LogP contribution in [-0.4, -0.2) is 39.6 Å². The van der Waals surface area contributed by atoms with E-state index in [9.17, 15) is 9.90 Å². The van der Waals surface area contributed by atoms with E-state index in [0.717, 1.165) is 19.4 Å². The van der Waals surface area contributed by atoms with Crippen LogP contribution in [0.1, 0.15) is 30.1 Å². The third kappa shape index (κ3) is 1.80. The number of pyridine rings is 1. The van der Waals surface area contributed by atoms with Crippen LogP contribution in [0, 0.1) is 0 Å². The molecule has 0 aromatic carbocycles. The molecule has 1 atom stereocenters. The van der Waals surface area contributed by atoms with Gasteiger partial charge in [0.1, 0.15) is 0 Å². The van der Waals surface area contributed by atoms with Crippen LogP contribution in [0.4, 0.5) is 0 Å². The highest BCUT2D eigenvalue weighted by Crippen LogP contribution is 2.29. The van der Waals surface area contributed by atoms with E-state index >= 15 is 0 Å². The molecule has 1 unspecified atom stereocenters. The first-order chi connectivity index (χ1) is 7.67. The van der Waals surface area contributed by atoms with Crippen LogP contribution in [0.15, 0.2) is 24.5 Å². The molecule has 2 heterocycles. The summed E-state index contributed by atoms with van der Waals surface area (Å²) in [4.78, 5) is 17.9. The minimum atomic E-state index is -0.402. The fourth-order valence-corrected chi connectivity index (χ4v) is 2.18. The van der Waals surface area contributed by atoms with Gasteiger partial charge in [0.15, 0.2) is 0 Å². The normalized spacial score (nSPS) is 24.8. The first-order valence-corrected chi connectivity index (χ1v) is 5.50. The Hall–Kier alpha value is -1.42. The van der Waals surface area contributed by atoms with E-state index in [1.807, 2.05) is 6.92 Å². The summed E-state index contributed by atoms with van der Waals surface area (Å²) in [6, 6.07) is 3.41. The number of rotatable bonds is 2. The standard InChI is InChI=1S/C12H16N2O2/c1-12(9-15)5-2-8-14(12)11(16)10-3-6-13-7-4-10/h3-4,6-7,15H,2,5,8-9H2,1H3. The molecule has 1 aromatic rings. The molecular formula is C12H16N2O2. The van der Waals surface area contributed by atoms with E-state index < -0.39 is 5.54 Å². The van der Waals surface area contributed by atoms with Crippen molar-refractivity contribution in [2.45, 2.75) is 25.3 Å². The lowest BCUT2D eigenvalue weighted by atomic mass is 10.00. The van der Waals surface area contributed by atoms with Gasteiger partial charge in [-0.3, -0.25) is 9.78 Å². The Bertz CT molecular complexity index is 380. The molecule has 1 N–H and O–H groups in total. The van der Waals surface area contributed by atoms with E-state index in [-0.39, 0.29) is 12.5 Å². The van der Waals surface area contributed by atoms with Crippen LogP contribution in [0.3, 0.4) is 0 Å². The average Bonchev–Trinajstić information content (AvgIpc) is 2.72. The van der Waals surface area contributed by atoms with Crippen molar-refractivity contribution < 1.29 is 9.90 Å². The number of nitrogens with zero attached hydrogens (tertiary/aromatic N) is 2. The highest BCUT2D eigenvalue weighted by atomic mass is 16.3. The van der Waals surface area contributed by atoms with Crippen molar-refractivity contribution >= 4 is 5.91 Å². The number of carbonyl (C=O) groups is 1. The fraction of sp³-hybridized carbons (Fsp3) is 0.500. The summed E-state index contributed by atoms with van der Waals surface area (Å²) in [5.74, 6) is -0.0172. The summed E-state index contributed by atoms with van der Waals surface area (Å²) < 4.78 is 0. The van der Waals surface area contributed by atoms with E-state index in [4.69, 9.17) is 0 Å². The Morgan fingerprint density at radius 3 is 2.88 bits per heavy atom. The van der Waals surface area contributed by atoms with Gasteiger partial charge in [0.25, 0.3) is 5.91 Å². The molecule has 16 heavy (non-hydrogen) atoms. The number of aliphatic hydroxyl groups is 1. The summed E-state index contributed by atoms with van der Waals surface area (Å²) in [7, 11) is 0. The summed E-state index contributed by atoms with van der Waals surface area (Å²) in [5.41, 5.74) is 0.233. The van der Waals surface area contributed by atoms with Gasteiger partial charge >= 0.3 is 0 Å². The maximum Gasteiger partial charge on any atom is 0.254 e. The van der Waals surface area contributed by atoms with E-state index in [1.165, 1.54) is 0 Å². The van der Waals surface area contributed by atoms with Crippen molar-refractivity contribution in [2.75, 3.05) is 13.2 Å². The van der Waals surface area contributed by atoms with E-state index in [0.29, 0.717) is 5.56 Å². The van der Waals surface area contributed by atoms with Gasteiger partial charge in [-0.25, -0.2) is 0 Å². The molecule has 0 saturated carbocycles. The number of amides is 1. The Kier molecular flexibility index (Phi) is 2.92. The first kappa shape index (κ1) is 11.1. The first-order valence-electron chi connectivity index (χ1n) is 5.50. The van der Waals surface area contributed by atoms with Crippen molar-refractivity contribution in [3.8, 4) is 0 Å². The van der Waals surface area contributed by atoms with Crippen molar-refractivity contribution in [3.05, 3.63) is 30.1 Å². The summed E-state index contributed by atoms with van der Waals surface area (Å²) in [6.07, 6.45) is 5.04. The molecule has 1 fully saturated rings. The minimum Gasteiger partial charge on any atom is -0.394 e. The van der Waals surface area contributed by atoms with Gasteiger partial charge in [-0.2, -0.15) is 0 Å². The van der Waals surface area contributed by atoms with Crippen LogP contribution in [-0.2, 0) is 0 Å². The van der Waals surface area contributed by atoms with Crippen molar-refractivity contribution in [2.24, 2.45) is 0 Å². The maximum absolute atomic E-state index is 12.2. The lowest BCUT2D eigenvalue weighted by Gasteiger charge is -2.33. The Morgan fingerprint density at radius 1 is 1.56 bits per heavy atom. The molecule has 0 bridgehead atoms. The second-order valence-electron chi connectivity index (χ2n) is 4.45. The molecule has 1 aromatic heterocycles. The van der Waals surface area contributed by atoms with Crippen molar-refractivity contribution in [1.82, 2.24) is 9.88 Å². The molecule has 1 amide bonds. The SMILES string of the molecule is CC1(CO)CCCN1C(=O)c1ccncc1. The zero-order valence-electron chi connectivity index (χ0n) is 9.39. The fourth-order valence-electron chi connectivity index (χ4n) is 2.18. The number of aromatic nitrogens is 1. The predicted molar refractivity (Wildman–Crippen MR) is 60.0 cm³/mol. The monoisotopic (exact) mass is 220 g/mol. The largest absolute Gasteiger partial charge is 0.394 e. The zero-order valence-corrected chi connectivity index (χ0v) is 9.39. The van der Waals surface area contributed by atoms with E-state index in [2.05, 4.69) is 4.98 Å². The van der Waals surface area contributed by atoms with Crippen molar-refractivity contribution in [1.29, 1.82) is 0 Å². The van der Waals surface area contributed by atoms with Gasteiger partial charge in [0.05, 0.1) is 12.1 Å². The Labute approximate surface area is 94.9 Å². The summed E-state index contributed by atoms with van der Waals surface area (Å²) >= 11 is 0. The lowest BCUT2D eigenvalue weighted by molar-refractivity contribution is 0.0473. The molecule has 0 aliphatic carbocycles.